The van der Waals surface area contributed by atoms with Gasteiger partial charge in [0.25, 0.3) is 0 Å². The van der Waals surface area contributed by atoms with E-state index in [9.17, 15) is 18.0 Å². The molecule has 2 aromatic rings. The van der Waals surface area contributed by atoms with Gasteiger partial charge in [0.15, 0.2) is 0 Å². The van der Waals surface area contributed by atoms with E-state index in [4.69, 9.17) is 20.3 Å². The molecule has 3 N–H and O–H groups in total. The second-order valence-corrected chi connectivity index (χ2v) is 7.54. The minimum atomic E-state index is -4.61. The maximum absolute atomic E-state index is 13.5. The Balaban J connectivity index is 2.09. The van der Waals surface area contributed by atoms with Gasteiger partial charge in [0, 0.05) is 18.8 Å². The number of ether oxygens (including phenoxy) is 2. The molecule has 0 saturated carbocycles. The molecule has 0 amide bonds. The zero-order valence-corrected chi connectivity index (χ0v) is 17.3. The number of aromatic nitrogens is 2. The lowest BCUT2D eigenvalue weighted by Gasteiger charge is -2.15. The molecule has 1 aromatic heterocycles. The predicted octanol–water partition coefficient (Wildman–Crippen LogP) is 4.28. The fourth-order valence-electron chi connectivity index (χ4n) is 2.52. The van der Waals surface area contributed by atoms with E-state index in [-0.39, 0.29) is 34.4 Å². The average molecular weight is 447 g/mol. The van der Waals surface area contributed by atoms with Crippen molar-refractivity contribution in [3.8, 4) is 16.3 Å². The summed E-state index contributed by atoms with van der Waals surface area (Å²) in [6.45, 7) is 3.35. The number of nitrogens with two attached hydrogens (primary N) is 1. The zero-order chi connectivity index (χ0) is 22.1. The van der Waals surface area contributed by atoms with Gasteiger partial charge in [-0.25, -0.2) is 0 Å². The molecule has 0 aliphatic rings. The lowest BCUT2D eigenvalue weighted by atomic mass is 10.1. The van der Waals surface area contributed by atoms with Gasteiger partial charge in [0.1, 0.15) is 15.8 Å². The van der Waals surface area contributed by atoms with Crippen LogP contribution in [0.15, 0.2) is 18.2 Å². The Kier molecular flexibility index (Phi) is 9.00. The maximum atomic E-state index is 13.5. The lowest BCUT2D eigenvalue weighted by Crippen LogP contribution is -2.14. The van der Waals surface area contributed by atoms with Crippen LogP contribution in [0.25, 0.3) is 10.6 Å². The molecule has 0 aliphatic carbocycles. The van der Waals surface area contributed by atoms with Crippen LogP contribution < -0.4 is 10.5 Å². The van der Waals surface area contributed by atoms with Gasteiger partial charge >= 0.3 is 12.1 Å². The number of hydrogen-bond acceptors (Lipinski definition) is 7. The Hall–Kier alpha value is -2.24. The quantitative estimate of drug-likeness (QED) is 0.468. The normalized spacial score (nSPS) is 12.7. The van der Waals surface area contributed by atoms with Gasteiger partial charge in [-0.15, -0.1) is 10.2 Å². The molecule has 30 heavy (non-hydrogen) atoms. The zero-order valence-electron chi connectivity index (χ0n) is 16.4. The van der Waals surface area contributed by atoms with Crippen LogP contribution in [0.1, 0.15) is 49.2 Å². The fourth-order valence-corrected chi connectivity index (χ4v) is 3.36. The van der Waals surface area contributed by atoms with E-state index < -0.39 is 23.8 Å². The number of aliphatic carboxylic acids is 1. The van der Waals surface area contributed by atoms with Crippen LogP contribution in [0.4, 0.5) is 13.2 Å². The van der Waals surface area contributed by atoms with Crippen molar-refractivity contribution >= 4 is 17.3 Å². The molecular weight excluding hydrogens is 423 g/mol. The fraction of sp³-hybridized carbons (Fsp3) is 0.526. The highest BCUT2D eigenvalue weighted by Gasteiger charge is 2.35. The molecule has 0 unspecified atom stereocenters. The number of halogens is 3. The first-order valence-electron chi connectivity index (χ1n) is 9.45. The van der Waals surface area contributed by atoms with Crippen LogP contribution in [-0.2, 0) is 15.7 Å². The van der Waals surface area contributed by atoms with Crippen LogP contribution in [-0.4, -0.2) is 41.1 Å². The summed E-state index contributed by atoms with van der Waals surface area (Å²) in [7, 11) is 0. The summed E-state index contributed by atoms with van der Waals surface area (Å²) < 4.78 is 51.2. The van der Waals surface area contributed by atoms with E-state index >= 15 is 0 Å². The maximum Gasteiger partial charge on any atom is 0.419 e. The monoisotopic (exact) mass is 447 g/mol. The number of carboxylic acids is 1. The van der Waals surface area contributed by atoms with Crippen molar-refractivity contribution in [2.24, 2.45) is 5.73 Å². The summed E-state index contributed by atoms with van der Waals surface area (Å²) in [5, 5.41) is 16.9. The van der Waals surface area contributed by atoms with E-state index in [1.54, 1.807) is 0 Å². The van der Waals surface area contributed by atoms with E-state index in [1.807, 2.05) is 6.92 Å². The number of benzene rings is 1. The summed E-state index contributed by atoms with van der Waals surface area (Å²) in [4.78, 5) is 10.8. The van der Waals surface area contributed by atoms with Crippen molar-refractivity contribution < 1.29 is 32.5 Å². The topological polar surface area (TPSA) is 108 Å². The number of rotatable bonds is 12. The predicted molar refractivity (Wildman–Crippen MR) is 105 cm³/mol. The summed E-state index contributed by atoms with van der Waals surface area (Å²) in [5.41, 5.74) is 5.03. The molecule has 0 radical (unpaired) electrons. The second kappa shape index (κ2) is 11.2. The summed E-state index contributed by atoms with van der Waals surface area (Å²) in [6, 6.07) is 2.79. The minimum absolute atomic E-state index is 0.144. The molecule has 1 heterocycles. The molecule has 0 bridgehead atoms. The van der Waals surface area contributed by atoms with Gasteiger partial charge in [0.05, 0.1) is 24.6 Å². The van der Waals surface area contributed by atoms with Crippen LogP contribution in [0, 0.1) is 0 Å². The van der Waals surface area contributed by atoms with Crippen LogP contribution >= 0.6 is 11.3 Å². The first kappa shape index (κ1) is 24.0. The molecule has 1 aromatic carbocycles. The molecule has 0 aliphatic heterocycles. The molecule has 166 valence electrons. The number of carbonyl (C=O) groups is 1. The molecule has 7 nitrogen and oxygen atoms in total. The number of unbranched alkanes of at least 4 members (excludes halogenated alkanes) is 1. The minimum Gasteiger partial charge on any atom is -0.493 e. The molecular formula is C19H24F3N3O4S. The van der Waals surface area contributed by atoms with Gasteiger partial charge in [-0.1, -0.05) is 18.3 Å². The van der Waals surface area contributed by atoms with E-state index in [1.165, 1.54) is 12.1 Å². The first-order valence-corrected chi connectivity index (χ1v) is 10.3. The van der Waals surface area contributed by atoms with Gasteiger partial charge in [0.2, 0.25) is 0 Å². The van der Waals surface area contributed by atoms with Crippen molar-refractivity contribution in [3.63, 3.8) is 0 Å². The highest BCUT2D eigenvalue weighted by Crippen LogP contribution is 2.39. The Labute approximate surface area is 176 Å². The Bertz CT molecular complexity index is 830. The van der Waals surface area contributed by atoms with Gasteiger partial charge in [-0.2, -0.15) is 13.2 Å². The highest BCUT2D eigenvalue weighted by molar-refractivity contribution is 7.14. The van der Waals surface area contributed by atoms with Crippen LogP contribution in [0.5, 0.6) is 5.75 Å². The molecule has 0 saturated heterocycles. The first-order chi connectivity index (χ1) is 14.2. The number of nitrogens with zero attached hydrogens (tertiary/aromatic N) is 2. The smallest absolute Gasteiger partial charge is 0.419 e. The van der Waals surface area contributed by atoms with Crippen molar-refractivity contribution in [3.05, 3.63) is 28.8 Å². The third-order valence-electron chi connectivity index (χ3n) is 3.97. The van der Waals surface area contributed by atoms with Crippen LogP contribution in [0.3, 0.4) is 0 Å². The Morgan fingerprint density at radius 2 is 1.97 bits per heavy atom. The summed E-state index contributed by atoms with van der Waals surface area (Å²) >= 11 is 0.960. The van der Waals surface area contributed by atoms with Crippen molar-refractivity contribution in [1.82, 2.24) is 10.2 Å². The number of hydrogen-bond donors (Lipinski definition) is 2. The van der Waals surface area contributed by atoms with Crippen molar-refractivity contribution in [1.29, 1.82) is 0 Å². The van der Waals surface area contributed by atoms with Crippen LogP contribution in [0.2, 0.25) is 0 Å². The van der Waals surface area contributed by atoms with E-state index in [0.29, 0.717) is 26.1 Å². The van der Waals surface area contributed by atoms with Crippen molar-refractivity contribution in [2.75, 3.05) is 19.8 Å². The summed E-state index contributed by atoms with van der Waals surface area (Å²) in [5.74, 6) is -1.36. The molecule has 0 spiro atoms. The largest absolute Gasteiger partial charge is 0.493 e. The highest BCUT2D eigenvalue weighted by atomic mass is 32.1. The Morgan fingerprint density at radius 3 is 2.63 bits per heavy atom. The molecule has 1 atom stereocenters. The Morgan fingerprint density at radius 1 is 1.23 bits per heavy atom. The third-order valence-corrected chi connectivity index (χ3v) is 5.08. The second-order valence-electron chi connectivity index (χ2n) is 6.53. The lowest BCUT2D eigenvalue weighted by molar-refractivity contribution is -0.139. The molecule has 2 rings (SSSR count). The SMILES string of the molecule is CCCOCCCCOc1ccc(-c2nnc([C@@H](N)CC(=O)O)s2)cc1C(F)(F)F. The van der Waals surface area contributed by atoms with Gasteiger partial charge in [-0.3, -0.25) is 4.79 Å². The van der Waals surface area contributed by atoms with Gasteiger partial charge in [-0.05, 0) is 37.5 Å². The van der Waals surface area contributed by atoms with Gasteiger partial charge < -0.3 is 20.3 Å². The van der Waals surface area contributed by atoms with E-state index in [2.05, 4.69) is 10.2 Å². The summed E-state index contributed by atoms with van der Waals surface area (Å²) in [6.07, 6.45) is -2.77. The number of alkyl halides is 3. The third kappa shape index (κ3) is 7.22. The molecule has 11 heteroatoms. The molecule has 0 fully saturated rings. The van der Waals surface area contributed by atoms with Crippen molar-refractivity contribution in [2.45, 2.75) is 44.8 Å². The standard InChI is InChI=1S/C19H24F3N3O4S/c1-2-7-28-8-3-4-9-29-15-6-5-12(10-13(15)19(20,21)22)17-24-25-18(30-17)14(23)11-16(26)27/h5-6,10,14H,2-4,7-9,11,23H2,1H3,(H,26,27)/t14-/m0/s1. The average Bonchev–Trinajstić information content (AvgIpc) is 3.16. The number of carboxylic acid groups (broad SMARTS) is 1. The van der Waals surface area contributed by atoms with E-state index in [0.717, 1.165) is 23.8 Å².